The SMILES string of the molecule is Cc1c(C(=O)Nc2cc(Cl)ccc2C(=O)N2CCCCC2)cnn1-c1cccc(Cl)c1. The molecule has 1 aliphatic rings. The molecule has 1 saturated heterocycles. The van der Waals surface area contributed by atoms with Crippen LogP contribution in [0.25, 0.3) is 5.69 Å². The maximum atomic E-state index is 13.1. The van der Waals surface area contributed by atoms with E-state index in [0.29, 0.717) is 32.6 Å². The van der Waals surface area contributed by atoms with Crippen molar-refractivity contribution >= 4 is 40.7 Å². The standard InChI is InChI=1S/C23H22Cl2N4O2/c1-15-20(14-26-29(15)18-7-5-6-16(24)12-18)22(30)27-21-13-17(25)8-9-19(21)23(31)28-10-3-2-4-11-28/h5-9,12-14H,2-4,10-11H2,1H3,(H,27,30). The first kappa shape index (κ1) is 21.4. The zero-order valence-electron chi connectivity index (χ0n) is 17.1. The lowest BCUT2D eigenvalue weighted by molar-refractivity contribution is 0.0725. The Kier molecular flexibility index (Phi) is 6.30. The lowest BCUT2D eigenvalue weighted by Crippen LogP contribution is -2.36. The summed E-state index contributed by atoms with van der Waals surface area (Å²) in [5.41, 5.74) is 2.64. The van der Waals surface area contributed by atoms with Gasteiger partial charge in [0.25, 0.3) is 11.8 Å². The Labute approximate surface area is 190 Å². The molecule has 8 heteroatoms. The topological polar surface area (TPSA) is 67.2 Å². The van der Waals surface area contributed by atoms with Gasteiger partial charge >= 0.3 is 0 Å². The summed E-state index contributed by atoms with van der Waals surface area (Å²) >= 11 is 12.2. The number of nitrogens with zero attached hydrogens (tertiary/aromatic N) is 3. The molecule has 31 heavy (non-hydrogen) atoms. The van der Waals surface area contributed by atoms with Gasteiger partial charge in [-0.3, -0.25) is 9.59 Å². The van der Waals surface area contributed by atoms with Gasteiger partial charge in [-0.05, 0) is 62.6 Å². The summed E-state index contributed by atoms with van der Waals surface area (Å²) < 4.78 is 1.65. The van der Waals surface area contributed by atoms with Crippen molar-refractivity contribution in [3.05, 3.63) is 75.5 Å². The van der Waals surface area contributed by atoms with Gasteiger partial charge in [0.15, 0.2) is 0 Å². The molecular weight excluding hydrogens is 435 g/mol. The van der Waals surface area contributed by atoms with Crippen LogP contribution in [0, 0.1) is 6.92 Å². The molecule has 0 atom stereocenters. The zero-order valence-corrected chi connectivity index (χ0v) is 18.6. The van der Waals surface area contributed by atoms with Crippen LogP contribution >= 0.6 is 23.2 Å². The first-order valence-electron chi connectivity index (χ1n) is 10.1. The van der Waals surface area contributed by atoms with E-state index in [-0.39, 0.29) is 11.8 Å². The third kappa shape index (κ3) is 4.60. The highest BCUT2D eigenvalue weighted by molar-refractivity contribution is 6.31. The lowest BCUT2D eigenvalue weighted by Gasteiger charge is -2.27. The van der Waals surface area contributed by atoms with E-state index in [1.54, 1.807) is 41.9 Å². The minimum atomic E-state index is -0.360. The van der Waals surface area contributed by atoms with Crippen LogP contribution in [0.15, 0.2) is 48.7 Å². The quantitative estimate of drug-likeness (QED) is 0.573. The average molecular weight is 457 g/mol. The number of halogens is 2. The van der Waals surface area contributed by atoms with Gasteiger partial charge < -0.3 is 10.2 Å². The Balaban J connectivity index is 1.60. The van der Waals surface area contributed by atoms with E-state index in [2.05, 4.69) is 10.4 Å². The second-order valence-corrected chi connectivity index (χ2v) is 8.41. The van der Waals surface area contributed by atoms with Crippen molar-refractivity contribution < 1.29 is 9.59 Å². The van der Waals surface area contributed by atoms with Gasteiger partial charge in [-0.1, -0.05) is 29.3 Å². The molecule has 0 spiro atoms. The number of likely N-dealkylation sites (tertiary alicyclic amines) is 1. The highest BCUT2D eigenvalue weighted by Crippen LogP contribution is 2.25. The molecule has 0 bridgehead atoms. The highest BCUT2D eigenvalue weighted by Gasteiger charge is 2.23. The van der Waals surface area contributed by atoms with Gasteiger partial charge in [0, 0.05) is 23.1 Å². The second-order valence-electron chi connectivity index (χ2n) is 7.53. The molecule has 6 nitrogen and oxygen atoms in total. The third-order valence-corrected chi connectivity index (χ3v) is 5.88. The molecule has 1 fully saturated rings. The van der Waals surface area contributed by atoms with Gasteiger partial charge in [0.05, 0.1) is 34.4 Å². The van der Waals surface area contributed by atoms with Crippen molar-refractivity contribution in [3.8, 4) is 5.69 Å². The molecule has 0 aliphatic carbocycles. The van der Waals surface area contributed by atoms with Crippen LogP contribution in [-0.4, -0.2) is 39.6 Å². The van der Waals surface area contributed by atoms with Crippen molar-refractivity contribution in [2.75, 3.05) is 18.4 Å². The molecular formula is C23H22Cl2N4O2. The van der Waals surface area contributed by atoms with Crippen molar-refractivity contribution in [1.82, 2.24) is 14.7 Å². The van der Waals surface area contributed by atoms with Gasteiger partial charge in [-0.25, -0.2) is 4.68 Å². The number of anilines is 1. The Morgan fingerprint density at radius 2 is 1.71 bits per heavy atom. The first-order chi connectivity index (χ1) is 14.9. The molecule has 0 saturated carbocycles. The predicted octanol–water partition coefficient (Wildman–Crippen LogP) is 5.37. The molecule has 160 valence electrons. The fourth-order valence-electron chi connectivity index (χ4n) is 3.76. The van der Waals surface area contributed by atoms with E-state index in [1.165, 1.54) is 6.20 Å². The van der Waals surface area contributed by atoms with Crippen LogP contribution in [0.1, 0.15) is 45.7 Å². The summed E-state index contributed by atoms with van der Waals surface area (Å²) in [5, 5.41) is 8.21. The minimum absolute atomic E-state index is 0.0991. The molecule has 2 amide bonds. The van der Waals surface area contributed by atoms with Crippen LogP contribution in [0.5, 0.6) is 0 Å². The Hall–Kier alpha value is -2.83. The molecule has 2 heterocycles. The van der Waals surface area contributed by atoms with E-state index in [4.69, 9.17) is 23.2 Å². The van der Waals surface area contributed by atoms with Crippen LogP contribution in [0.4, 0.5) is 5.69 Å². The fourth-order valence-corrected chi connectivity index (χ4v) is 4.12. The molecule has 1 aliphatic heterocycles. The second kappa shape index (κ2) is 9.12. The summed E-state index contributed by atoms with van der Waals surface area (Å²) in [6, 6.07) is 12.2. The maximum absolute atomic E-state index is 13.1. The van der Waals surface area contributed by atoms with E-state index in [0.717, 1.165) is 38.0 Å². The summed E-state index contributed by atoms with van der Waals surface area (Å²) in [6.07, 6.45) is 4.61. The van der Waals surface area contributed by atoms with Crippen molar-refractivity contribution in [2.24, 2.45) is 0 Å². The fraction of sp³-hybridized carbons (Fsp3) is 0.261. The molecule has 2 aromatic carbocycles. The van der Waals surface area contributed by atoms with Crippen LogP contribution in [0.2, 0.25) is 10.0 Å². The first-order valence-corrected chi connectivity index (χ1v) is 10.9. The molecule has 0 radical (unpaired) electrons. The molecule has 3 aromatic rings. The number of benzene rings is 2. The number of aromatic nitrogens is 2. The van der Waals surface area contributed by atoms with Crippen molar-refractivity contribution in [3.63, 3.8) is 0 Å². The summed E-state index contributed by atoms with van der Waals surface area (Å²) in [5.74, 6) is -0.459. The van der Waals surface area contributed by atoms with Crippen LogP contribution in [0.3, 0.4) is 0 Å². The normalized spacial score (nSPS) is 13.8. The monoisotopic (exact) mass is 456 g/mol. The maximum Gasteiger partial charge on any atom is 0.259 e. The van der Waals surface area contributed by atoms with Crippen molar-refractivity contribution in [2.45, 2.75) is 26.2 Å². The third-order valence-electron chi connectivity index (χ3n) is 5.41. The number of carbonyl (C=O) groups excluding carboxylic acids is 2. The Morgan fingerprint density at radius 3 is 2.45 bits per heavy atom. The number of rotatable bonds is 4. The number of piperidine rings is 1. The van der Waals surface area contributed by atoms with Gasteiger partial charge in [-0.15, -0.1) is 0 Å². The molecule has 0 unspecified atom stereocenters. The van der Waals surface area contributed by atoms with E-state index < -0.39 is 0 Å². The number of nitrogens with one attached hydrogen (secondary N) is 1. The summed E-state index contributed by atoms with van der Waals surface area (Å²) in [6.45, 7) is 3.25. The number of hydrogen-bond donors (Lipinski definition) is 1. The van der Waals surface area contributed by atoms with Crippen LogP contribution < -0.4 is 5.32 Å². The smallest absolute Gasteiger partial charge is 0.259 e. The average Bonchev–Trinajstić information content (AvgIpc) is 3.15. The van der Waals surface area contributed by atoms with Crippen molar-refractivity contribution in [1.29, 1.82) is 0 Å². The number of hydrogen-bond acceptors (Lipinski definition) is 3. The Morgan fingerprint density at radius 1 is 0.968 bits per heavy atom. The van der Waals surface area contributed by atoms with Gasteiger partial charge in [-0.2, -0.15) is 5.10 Å². The summed E-state index contributed by atoms with van der Waals surface area (Å²) in [4.78, 5) is 27.9. The molecule has 1 N–H and O–H groups in total. The number of carbonyl (C=O) groups is 2. The lowest BCUT2D eigenvalue weighted by atomic mass is 10.1. The van der Waals surface area contributed by atoms with Gasteiger partial charge in [0.2, 0.25) is 0 Å². The summed E-state index contributed by atoms with van der Waals surface area (Å²) in [7, 11) is 0. The van der Waals surface area contributed by atoms with E-state index in [9.17, 15) is 9.59 Å². The van der Waals surface area contributed by atoms with Gasteiger partial charge in [0.1, 0.15) is 0 Å². The van der Waals surface area contributed by atoms with E-state index in [1.807, 2.05) is 17.0 Å². The highest BCUT2D eigenvalue weighted by atomic mass is 35.5. The zero-order chi connectivity index (χ0) is 22.0. The minimum Gasteiger partial charge on any atom is -0.339 e. The largest absolute Gasteiger partial charge is 0.339 e. The van der Waals surface area contributed by atoms with E-state index >= 15 is 0 Å². The van der Waals surface area contributed by atoms with Crippen LogP contribution in [-0.2, 0) is 0 Å². The molecule has 4 rings (SSSR count). The predicted molar refractivity (Wildman–Crippen MR) is 122 cm³/mol. The number of amides is 2. The molecule has 1 aromatic heterocycles. The Bertz CT molecular complexity index is 1140.